The number of anilines is 1. The van der Waals surface area contributed by atoms with E-state index < -0.39 is 10.0 Å². The SMILES string of the molecule is CCCN(CCC)S(=O)(=O)c1ccc(C(=O)N(CCN(CC)CC)c2nc3c(OC)ccc(OC)c3s2)cc1. The summed E-state index contributed by atoms with van der Waals surface area (Å²) >= 11 is 1.37. The Balaban J connectivity index is 2.00. The molecule has 2 aromatic carbocycles. The van der Waals surface area contributed by atoms with Crippen LogP contribution in [0.25, 0.3) is 10.2 Å². The van der Waals surface area contributed by atoms with Gasteiger partial charge >= 0.3 is 0 Å². The Morgan fingerprint density at radius 2 is 1.44 bits per heavy atom. The first-order valence-electron chi connectivity index (χ1n) is 13.4. The Kier molecular flexibility index (Phi) is 11.1. The third-order valence-electron chi connectivity index (χ3n) is 6.59. The molecule has 1 aromatic heterocycles. The molecule has 3 aromatic rings. The fourth-order valence-corrected chi connectivity index (χ4v) is 7.10. The van der Waals surface area contributed by atoms with Gasteiger partial charge in [-0.25, -0.2) is 13.4 Å². The summed E-state index contributed by atoms with van der Waals surface area (Å²) < 4.78 is 39.8. The van der Waals surface area contributed by atoms with Gasteiger partial charge in [-0.15, -0.1) is 0 Å². The molecule has 0 N–H and O–H groups in total. The van der Waals surface area contributed by atoms with Crippen LogP contribution in [0.2, 0.25) is 0 Å². The van der Waals surface area contributed by atoms with Crippen LogP contribution in [0.4, 0.5) is 5.13 Å². The number of likely N-dealkylation sites (N-methyl/N-ethyl adjacent to an activating group) is 1. The van der Waals surface area contributed by atoms with Crippen LogP contribution in [0, 0.1) is 0 Å². The number of aromatic nitrogens is 1. The molecule has 1 amide bonds. The van der Waals surface area contributed by atoms with Gasteiger partial charge in [0.05, 0.1) is 19.1 Å². The number of carbonyl (C=O) groups is 1. The molecule has 0 radical (unpaired) electrons. The van der Waals surface area contributed by atoms with Gasteiger partial charge in [0.1, 0.15) is 21.7 Å². The Bertz CT molecular complexity index is 1290. The number of amides is 1. The van der Waals surface area contributed by atoms with Crippen LogP contribution in [0.15, 0.2) is 41.3 Å². The van der Waals surface area contributed by atoms with Crippen molar-refractivity contribution >= 4 is 42.6 Å². The van der Waals surface area contributed by atoms with Crippen LogP contribution >= 0.6 is 11.3 Å². The third kappa shape index (κ3) is 6.89. The molecule has 9 nitrogen and oxygen atoms in total. The van der Waals surface area contributed by atoms with Crippen LogP contribution in [-0.4, -0.2) is 82.0 Å². The highest BCUT2D eigenvalue weighted by atomic mass is 32.2. The zero-order valence-electron chi connectivity index (χ0n) is 23.8. The maximum absolute atomic E-state index is 13.9. The summed E-state index contributed by atoms with van der Waals surface area (Å²) in [5.41, 5.74) is 1.02. The number of fused-ring (bicyclic) bond motifs is 1. The first-order chi connectivity index (χ1) is 18.7. The highest BCUT2D eigenvalue weighted by molar-refractivity contribution is 7.89. The van der Waals surface area contributed by atoms with Crippen molar-refractivity contribution in [3.05, 3.63) is 42.0 Å². The molecule has 0 bridgehead atoms. The van der Waals surface area contributed by atoms with Crippen LogP contribution < -0.4 is 14.4 Å². The number of carbonyl (C=O) groups excluding carboxylic acids is 1. The predicted octanol–water partition coefficient (Wildman–Crippen LogP) is 5.11. The Labute approximate surface area is 236 Å². The number of thiazole rings is 1. The van der Waals surface area contributed by atoms with Gasteiger partial charge in [0.2, 0.25) is 10.0 Å². The van der Waals surface area contributed by atoms with Gasteiger partial charge in [0.15, 0.2) is 5.13 Å². The lowest BCUT2D eigenvalue weighted by molar-refractivity contribution is 0.0983. The van der Waals surface area contributed by atoms with Crippen molar-refractivity contribution < 1.29 is 22.7 Å². The number of hydrogen-bond donors (Lipinski definition) is 0. The van der Waals surface area contributed by atoms with Gasteiger partial charge in [0, 0.05) is 31.7 Å². The minimum atomic E-state index is -3.64. The van der Waals surface area contributed by atoms with Crippen LogP contribution in [0.5, 0.6) is 11.5 Å². The van der Waals surface area contributed by atoms with E-state index >= 15 is 0 Å². The molecular weight excluding hydrogens is 536 g/mol. The molecule has 0 aliphatic rings. The second kappa shape index (κ2) is 14.1. The molecule has 3 rings (SSSR count). The smallest absolute Gasteiger partial charge is 0.260 e. The fraction of sp³-hybridized carbons (Fsp3) is 0.500. The van der Waals surface area contributed by atoms with Gasteiger partial charge in [-0.05, 0) is 62.3 Å². The van der Waals surface area contributed by atoms with Crippen molar-refractivity contribution in [3.63, 3.8) is 0 Å². The van der Waals surface area contributed by atoms with Gasteiger partial charge < -0.3 is 14.4 Å². The first-order valence-corrected chi connectivity index (χ1v) is 15.7. The molecule has 0 aliphatic heterocycles. The number of rotatable bonds is 15. The summed E-state index contributed by atoms with van der Waals surface area (Å²) in [7, 11) is -0.454. The molecule has 0 spiro atoms. The number of hydrogen-bond acceptors (Lipinski definition) is 8. The van der Waals surface area contributed by atoms with Gasteiger partial charge in [-0.3, -0.25) is 9.69 Å². The number of nitrogens with zero attached hydrogens (tertiary/aromatic N) is 4. The molecule has 0 atom stereocenters. The molecule has 39 heavy (non-hydrogen) atoms. The molecule has 11 heteroatoms. The molecule has 1 heterocycles. The molecule has 0 saturated heterocycles. The van der Waals surface area contributed by atoms with E-state index in [0.717, 1.165) is 30.6 Å². The van der Waals surface area contributed by atoms with E-state index in [1.807, 2.05) is 19.9 Å². The van der Waals surface area contributed by atoms with Crippen molar-refractivity contribution in [1.29, 1.82) is 0 Å². The molecule has 0 saturated carbocycles. The van der Waals surface area contributed by atoms with E-state index in [1.165, 1.54) is 27.8 Å². The van der Waals surface area contributed by atoms with Crippen molar-refractivity contribution in [2.45, 2.75) is 45.4 Å². The minimum absolute atomic E-state index is 0.185. The summed E-state index contributed by atoms with van der Waals surface area (Å²) in [4.78, 5) is 22.7. The van der Waals surface area contributed by atoms with E-state index in [4.69, 9.17) is 14.5 Å². The summed E-state index contributed by atoms with van der Waals surface area (Å²) in [5.74, 6) is 1.01. The fourth-order valence-electron chi connectivity index (χ4n) is 4.38. The van der Waals surface area contributed by atoms with E-state index in [9.17, 15) is 13.2 Å². The van der Waals surface area contributed by atoms with Crippen molar-refractivity contribution in [2.24, 2.45) is 0 Å². The topological polar surface area (TPSA) is 92.3 Å². The Morgan fingerprint density at radius 1 is 0.846 bits per heavy atom. The predicted molar refractivity (Wildman–Crippen MR) is 158 cm³/mol. The molecule has 0 aliphatic carbocycles. The highest BCUT2D eigenvalue weighted by Gasteiger charge is 2.26. The second-order valence-electron chi connectivity index (χ2n) is 9.06. The average Bonchev–Trinajstić information content (AvgIpc) is 3.39. The van der Waals surface area contributed by atoms with E-state index in [2.05, 4.69) is 18.7 Å². The first kappa shape index (κ1) is 30.8. The summed E-state index contributed by atoms with van der Waals surface area (Å²) in [5, 5.41) is 0.527. The largest absolute Gasteiger partial charge is 0.495 e. The van der Waals surface area contributed by atoms with E-state index in [-0.39, 0.29) is 10.8 Å². The highest BCUT2D eigenvalue weighted by Crippen LogP contribution is 2.40. The summed E-state index contributed by atoms with van der Waals surface area (Å²) in [6.07, 6.45) is 1.46. The molecule has 0 fully saturated rings. The van der Waals surface area contributed by atoms with Gasteiger partial charge in [-0.2, -0.15) is 4.31 Å². The molecule has 214 valence electrons. The third-order valence-corrected chi connectivity index (χ3v) is 9.60. The zero-order valence-corrected chi connectivity index (χ0v) is 25.4. The number of ether oxygens (including phenoxy) is 2. The summed E-state index contributed by atoms with van der Waals surface area (Å²) in [6.45, 7) is 11.8. The quantitative estimate of drug-likeness (QED) is 0.248. The lowest BCUT2D eigenvalue weighted by Gasteiger charge is -2.25. The van der Waals surface area contributed by atoms with Gasteiger partial charge in [0.25, 0.3) is 5.91 Å². The van der Waals surface area contributed by atoms with Crippen LogP contribution in [0.3, 0.4) is 0 Å². The number of benzene rings is 2. The lowest BCUT2D eigenvalue weighted by Crippen LogP contribution is -2.39. The van der Waals surface area contributed by atoms with Gasteiger partial charge in [-0.1, -0.05) is 39.0 Å². The monoisotopic (exact) mass is 576 g/mol. The standard InChI is InChI=1S/C28H40N4O5S2/c1-7-17-31(18-8-2)39(34,35)22-13-11-21(12-14-22)27(33)32(20-19-30(9-3)10-4)28-29-25-23(36-5)15-16-24(37-6)26(25)38-28/h11-16H,7-10,17-20H2,1-6H3. The van der Waals surface area contributed by atoms with E-state index in [0.29, 0.717) is 53.9 Å². The zero-order chi connectivity index (χ0) is 28.6. The van der Waals surface area contributed by atoms with Crippen LogP contribution in [0.1, 0.15) is 50.9 Å². The minimum Gasteiger partial charge on any atom is -0.495 e. The maximum atomic E-state index is 13.9. The van der Waals surface area contributed by atoms with Crippen molar-refractivity contribution in [2.75, 3.05) is 58.4 Å². The van der Waals surface area contributed by atoms with Crippen molar-refractivity contribution in [3.8, 4) is 11.5 Å². The Hall–Kier alpha value is -2.73. The number of sulfonamides is 1. The van der Waals surface area contributed by atoms with E-state index in [1.54, 1.807) is 37.3 Å². The Morgan fingerprint density at radius 3 is 1.97 bits per heavy atom. The summed E-state index contributed by atoms with van der Waals surface area (Å²) in [6, 6.07) is 9.84. The lowest BCUT2D eigenvalue weighted by atomic mass is 10.2. The molecule has 0 unspecified atom stereocenters. The van der Waals surface area contributed by atoms with Crippen LogP contribution in [-0.2, 0) is 10.0 Å². The maximum Gasteiger partial charge on any atom is 0.260 e. The second-order valence-corrected chi connectivity index (χ2v) is 12.0. The molecular formula is C28H40N4O5S2. The average molecular weight is 577 g/mol. The number of methoxy groups -OCH3 is 2. The normalized spacial score (nSPS) is 11.9. The van der Waals surface area contributed by atoms with Crippen molar-refractivity contribution in [1.82, 2.24) is 14.2 Å².